The number of nitrogens with zero attached hydrogens (tertiary/aromatic N) is 3. The summed E-state index contributed by atoms with van der Waals surface area (Å²) < 4.78 is 42.3. The molecule has 2 aliphatic rings. The Morgan fingerprint density at radius 3 is 2.88 bits per heavy atom. The SMILES string of the molecule is C[C@H]1COCCN1c1nc(Cl)nc2c1COC2(C)CCCS(=O)(=O)O. The smallest absolute Gasteiger partial charge is 0.264 e. The van der Waals surface area contributed by atoms with Gasteiger partial charge in [-0.3, -0.25) is 4.55 Å². The molecule has 3 heterocycles. The monoisotopic (exact) mass is 391 g/mol. The van der Waals surface area contributed by atoms with Gasteiger partial charge in [-0.25, -0.2) is 9.97 Å². The standard InChI is InChI=1S/C15H22ClN3O5S/c1-10-8-23-6-5-19(10)13-11-9-24-15(2,4-3-7-25(20,21)22)12(11)17-14(16)18-13/h10H,3-9H2,1-2H3,(H,20,21,22)/t10-,15?/m0/s1. The van der Waals surface area contributed by atoms with E-state index < -0.39 is 15.7 Å². The van der Waals surface area contributed by atoms with Crippen LogP contribution in [-0.2, 0) is 31.8 Å². The first-order chi connectivity index (χ1) is 11.7. The van der Waals surface area contributed by atoms with E-state index in [0.29, 0.717) is 38.5 Å². The molecule has 2 atom stereocenters. The Morgan fingerprint density at radius 2 is 2.20 bits per heavy atom. The zero-order valence-corrected chi connectivity index (χ0v) is 15.8. The van der Waals surface area contributed by atoms with Crippen LogP contribution in [0.2, 0.25) is 5.28 Å². The maximum absolute atomic E-state index is 11.0. The number of rotatable bonds is 5. The first kappa shape index (κ1) is 18.8. The van der Waals surface area contributed by atoms with Crippen LogP contribution < -0.4 is 4.90 Å². The van der Waals surface area contributed by atoms with Crippen LogP contribution in [0.25, 0.3) is 0 Å². The van der Waals surface area contributed by atoms with Gasteiger partial charge in [0, 0.05) is 12.1 Å². The van der Waals surface area contributed by atoms with Crippen molar-refractivity contribution in [1.29, 1.82) is 0 Å². The largest absolute Gasteiger partial charge is 0.377 e. The summed E-state index contributed by atoms with van der Waals surface area (Å²) in [7, 11) is -4.00. The predicted molar refractivity (Wildman–Crippen MR) is 92.5 cm³/mol. The molecule has 8 nitrogen and oxygen atoms in total. The number of hydrogen-bond donors (Lipinski definition) is 1. The van der Waals surface area contributed by atoms with E-state index in [1.54, 1.807) is 0 Å². The zero-order chi connectivity index (χ0) is 18.2. The van der Waals surface area contributed by atoms with E-state index in [2.05, 4.69) is 21.8 Å². The third kappa shape index (κ3) is 4.06. The van der Waals surface area contributed by atoms with Crippen molar-refractivity contribution in [3.05, 3.63) is 16.5 Å². The topological polar surface area (TPSA) is 102 Å². The highest BCUT2D eigenvalue weighted by Gasteiger charge is 2.41. The fourth-order valence-electron chi connectivity index (χ4n) is 3.38. The maximum atomic E-state index is 11.0. The lowest BCUT2D eigenvalue weighted by Gasteiger charge is -2.35. The Balaban J connectivity index is 1.89. The zero-order valence-electron chi connectivity index (χ0n) is 14.2. The van der Waals surface area contributed by atoms with Crippen LogP contribution in [0.1, 0.15) is 37.9 Å². The molecule has 3 rings (SSSR count). The Labute approximate surface area is 152 Å². The van der Waals surface area contributed by atoms with Crippen LogP contribution in [0, 0.1) is 0 Å². The highest BCUT2D eigenvalue weighted by atomic mass is 35.5. The van der Waals surface area contributed by atoms with Gasteiger partial charge in [-0.1, -0.05) is 0 Å². The van der Waals surface area contributed by atoms with Gasteiger partial charge in [0.2, 0.25) is 5.28 Å². The third-order valence-corrected chi connectivity index (χ3v) is 5.66. The normalized spacial score (nSPS) is 26.7. The quantitative estimate of drug-likeness (QED) is 0.598. The van der Waals surface area contributed by atoms with Crippen molar-refractivity contribution < 1.29 is 22.4 Å². The van der Waals surface area contributed by atoms with Gasteiger partial charge in [0.05, 0.1) is 37.3 Å². The van der Waals surface area contributed by atoms with Crippen molar-refractivity contribution in [2.75, 3.05) is 30.4 Å². The summed E-state index contributed by atoms with van der Waals surface area (Å²) >= 11 is 6.16. The van der Waals surface area contributed by atoms with Crippen LogP contribution in [0.4, 0.5) is 5.82 Å². The van der Waals surface area contributed by atoms with Gasteiger partial charge in [-0.05, 0) is 38.3 Å². The summed E-state index contributed by atoms with van der Waals surface area (Å²) in [5.74, 6) is 0.442. The van der Waals surface area contributed by atoms with Crippen LogP contribution in [0.15, 0.2) is 0 Å². The summed E-state index contributed by atoms with van der Waals surface area (Å²) in [4.78, 5) is 10.9. The van der Waals surface area contributed by atoms with E-state index in [1.165, 1.54) is 0 Å². The first-order valence-electron chi connectivity index (χ1n) is 8.20. The molecule has 2 aliphatic heterocycles. The minimum absolute atomic E-state index is 0.138. The van der Waals surface area contributed by atoms with Crippen molar-refractivity contribution in [3.8, 4) is 0 Å². The maximum Gasteiger partial charge on any atom is 0.264 e. The number of fused-ring (bicyclic) bond motifs is 1. The van der Waals surface area contributed by atoms with E-state index >= 15 is 0 Å². The number of morpholine rings is 1. The number of ether oxygens (including phenoxy) is 2. The summed E-state index contributed by atoms with van der Waals surface area (Å²) in [6.45, 7) is 6.20. The fraction of sp³-hybridized carbons (Fsp3) is 0.733. The number of aromatic nitrogens is 2. The predicted octanol–water partition coefficient (Wildman–Crippen LogP) is 1.77. The van der Waals surface area contributed by atoms with Crippen molar-refractivity contribution in [2.45, 2.75) is 44.9 Å². The fourth-order valence-corrected chi connectivity index (χ4v) is 4.05. The number of hydrogen-bond acceptors (Lipinski definition) is 7. The summed E-state index contributed by atoms with van der Waals surface area (Å²) in [6, 6.07) is 0.162. The van der Waals surface area contributed by atoms with Gasteiger partial charge in [0.1, 0.15) is 11.4 Å². The van der Waals surface area contributed by atoms with Gasteiger partial charge in [-0.2, -0.15) is 8.42 Å². The molecule has 1 saturated heterocycles. The number of anilines is 1. The molecule has 0 bridgehead atoms. The van der Waals surface area contributed by atoms with E-state index in [9.17, 15) is 8.42 Å². The summed E-state index contributed by atoms with van der Waals surface area (Å²) in [5.41, 5.74) is 0.820. The molecule has 0 aromatic carbocycles. The summed E-state index contributed by atoms with van der Waals surface area (Å²) in [6.07, 6.45) is 0.672. The average molecular weight is 392 g/mol. The Bertz CT molecular complexity index is 760. The van der Waals surface area contributed by atoms with Crippen LogP contribution >= 0.6 is 11.6 Å². The van der Waals surface area contributed by atoms with Gasteiger partial charge < -0.3 is 14.4 Å². The first-order valence-corrected chi connectivity index (χ1v) is 10.2. The van der Waals surface area contributed by atoms with Gasteiger partial charge in [0.25, 0.3) is 10.1 Å². The molecule has 1 aromatic rings. The van der Waals surface area contributed by atoms with Gasteiger partial charge in [0.15, 0.2) is 0 Å². The lowest BCUT2D eigenvalue weighted by Crippen LogP contribution is -2.44. The number of halogens is 1. The molecular formula is C15H22ClN3O5S. The highest BCUT2D eigenvalue weighted by molar-refractivity contribution is 7.85. The third-order valence-electron chi connectivity index (χ3n) is 4.69. The molecule has 140 valence electrons. The molecular weight excluding hydrogens is 370 g/mol. The lowest BCUT2D eigenvalue weighted by molar-refractivity contribution is -0.0320. The van der Waals surface area contributed by atoms with Crippen molar-refractivity contribution in [1.82, 2.24) is 9.97 Å². The Morgan fingerprint density at radius 1 is 1.44 bits per heavy atom. The van der Waals surface area contributed by atoms with Crippen LogP contribution in [0.3, 0.4) is 0 Å². The molecule has 0 amide bonds. The van der Waals surface area contributed by atoms with Gasteiger partial charge >= 0.3 is 0 Å². The van der Waals surface area contributed by atoms with E-state index in [1.807, 2.05) is 6.92 Å². The van der Waals surface area contributed by atoms with Crippen LogP contribution in [-0.4, -0.2) is 54.5 Å². The molecule has 0 aliphatic carbocycles. The van der Waals surface area contributed by atoms with Crippen molar-refractivity contribution in [3.63, 3.8) is 0 Å². The Kier molecular flexibility index (Phi) is 5.23. The molecule has 0 spiro atoms. The average Bonchev–Trinajstić information content (AvgIpc) is 2.83. The molecule has 0 saturated carbocycles. The van der Waals surface area contributed by atoms with E-state index in [4.69, 9.17) is 25.6 Å². The molecule has 1 unspecified atom stereocenters. The van der Waals surface area contributed by atoms with Crippen molar-refractivity contribution in [2.24, 2.45) is 0 Å². The minimum atomic E-state index is -4.00. The van der Waals surface area contributed by atoms with E-state index in [-0.39, 0.29) is 23.5 Å². The molecule has 1 N–H and O–H groups in total. The molecule has 25 heavy (non-hydrogen) atoms. The Hall–Kier alpha value is -1.00. The van der Waals surface area contributed by atoms with E-state index in [0.717, 1.165) is 11.4 Å². The lowest BCUT2D eigenvalue weighted by atomic mass is 9.95. The molecule has 10 heteroatoms. The molecule has 1 fully saturated rings. The highest BCUT2D eigenvalue weighted by Crippen LogP contribution is 2.42. The van der Waals surface area contributed by atoms with Crippen molar-refractivity contribution >= 4 is 27.5 Å². The molecule has 0 radical (unpaired) electrons. The summed E-state index contributed by atoms with van der Waals surface area (Å²) in [5, 5.41) is 0.138. The van der Waals surface area contributed by atoms with Crippen LogP contribution in [0.5, 0.6) is 0 Å². The minimum Gasteiger partial charge on any atom is -0.377 e. The second-order valence-electron chi connectivity index (χ2n) is 6.67. The molecule has 1 aromatic heterocycles. The second-order valence-corrected chi connectivity index (χ2v) is 8.58. The van der Waals surface area contributed by atoms with Gasteiger partial charge in [-0.15, -0.1) is 0 Å². The second kappa shape index (κ2) is 6.96.